The summed E-state index contributed by atoms with van der Waals surface area (Å²) in [7, 11) is 0. The molecule has 0 aliphatic carbocycles. The molecule has 1 amide bonds. The molecule has 0 spiro atoms. The number of hydrogen-bond acceptors (Lipinski definition) is 5. The molecule has 0 unspecified atom stereocenters. The molecule has 1 aliphatic heterocycles. The van der Waals surface area contributed by atoms with E-state index < -0.39 is 6.04 Å². The topological polar surface area (TPSA) is 92.4 Å². The van der Waals surface area contributed by atoms with Crippen LogP contribution in [0, 0.1) is 6.92 Å². The highest BCUT2D eigenvalue weighted by Gasteiger charge is 2.32. The maximum absolute atomic E-state index is 12.6. The first-order valence-corrected chi connectivity index (χ1v) is 9.85. The van der Waals surface area contributed by atoms with Gasteiger partial charge in [-0.05, 0) is 44.2 Å². The molecule has 1 aromatic heterocycles. The first kappa shape index (κ1) is 19.8. The predicted molar refractivity (Wildman–Crippen MR) is 115 cm³/mol. The van der Waals surface area contributed by atoms with Crippen molar-refractivity contribution in [3.05, 3.63) is 82.4 Å². The van der Waals surface area contributed by atoms with Crippen LogP contribution in [0.2, 0.25) is 5.02 Å². The Morgan fingerprint density at radius 3 is 2.67 bits per heavy atom. The van der Waals surface area contributed by atoms with Gasteiger partial charge < -0.3 is 10.4 Å². The third-order valence-electron chi connectivity index (χ3n) is 4.91. The molecule has 0 bridgehead atoms. The Kier molecular flexibility index (Phi) is 5.13. The number of phenols is 1. The van der Waals surface area contributed by atoms with Gasteiger partial charge in [-0.2, -0.15) is 0 Å². The average Bonchev–Trinajstić information content (AvgIpc) is 3.03. The van der Waals surface area contributed by atoms with Crippen LogP contribution in [0.4, 0.5) is 0 Å². The van der Waals surface area contributed by atoms with Crippen LogP contribution in [-0.4, -0.2) is 38.0 Å². The molecule has 2 aromatic carbocycles. The van der Waals surface area contributed by atoms with Crippen LogP contribution < -0.4 is 5.32 Å². The zero-order valence-corrected chi connectivity index (χ0v) is 17.3. The lowest BCUT2D eigenvalue weighted by molar-refractivity contribution is -0.117. The number of aliphatic imine (C=N–C) groups is 1. The third kappa shape index (κ3) is 3.37. The zero-order chi connectivity index (χ0) is 21.4. The largest absolute Gasteiger partial charge is 0.508 e. The van der Waals surface area contributed by atoms with Crippen molar-refractivity contribution in [2.45, 2.75) is 19.9 Å². The van der Waals surface area contributed by atoms with Gasteiger partial charge in [-0.25, -0.2) is 0 Å². The van der Waals surface area contributed by atoms with E-state index in [0.29, 0.717) is 34.5 Å². The Morgan fingerprint density at radius 1 is 1.23 bits per heavy atom. The van der Waals surface area contributed by atoms with Crippen molar-refractivity contribution in [1.82, 2.24) is 20.1 Å². The number of fused-ring (bicyclic) bond motifs is 3. The first-order valence-electron chi connectivity index (χ1n) is 9.47. The van der Waals surface area contributed by atoms with Crippen molar-refractivity contribution in [3.8, 4) is 11.4 Å². The van der Waals surface area contributed by atoms with Crippen molar-refractivity contribution >= 4 is 23.2 Å². The third-order valence-corrected chi connectivity index (χ3v) is 5.16. The van der Waals surface area contributed by atoms with Crippen LogP contribution in [0.3, 0.4) is 0 Å². The number of carbonyl (C=O) groups is 1. The van der Waals surface area contributed by atoms with Gasteiger partial charge in [0.05, 0.1) is 11.4 Å². The molecule has 8 heteroatoms. The van der Waals surface area contributed by atoms with Gasteiger partial charge in [-0.15, -0.1) is 10.2 Å². The van der Waals surface area contributed by atoms with E-state index in [4.69, 9.17) is 16.6 Å². The summed E-state index contributed by atoms with van der Waals surface area (Å²) in [5.41, 5.74) is 3.08. The summed E-state index contributed by atoms with van der Waals surface area (Å²) in [6.07, 6.45) is 0. The fraction of sp³-hybridized carbons (Fsp3) is 0.182. The molecule has 7 nitrogen and oxygen atoms in total. The molecule has 1 aliphatic rings. The van der Waals surface area contributed by atoms with Gasteiger partial charge in [0.25, 0.3) is 0 Å². The van der Waals surface area contributed by atoms with Gasteiger partial charge in [0, 0.05) is 28.3 Å². The molecule has 30 heavy (non-hydrogen) atoms. The molecular formula is C22H20ClN5O2. The van der Waals surface area contributed by atoms with E-state index in [1.54, 1.807) is 30.3 Å². The van der Waals surface area contributed by atoms with Crippen LogP contribution >= 0.6 is 11.6 Å². The highest BCUT2D eigenvalue weighted by Crippen LogP contribution is 2.35. The molecule has 0 saturated heterocycles. The number of phenolic OH excluding ortho intramolecular Hbond substituents is 1. The monoisotopic (exact) mass is 421 g/mol. The second-order valence-electron chi connectivity index (χ2n) is 6.91. The van der Waals surface area contributed by atoms with Crippen molar-refractivity contribution in [2.75, 3.05) is 6.54 Å². The maximum atomic E-state index is 12.6. The molecule has 3 aromatic rings. The van der Waals surface area contributed by atoms with Crippen LogP contribution in [0.5, 0.6) is 5.75 Å². The highest BCUT2D eigenvalue weighted by molar-refractivity contribution is 6.30. The van der Waals surface area contributed by atoms with E-state index in [1.807, 2.05) is 30.5 Å². The van der Waals surface area contributed by atoms with Gasteiger partial charge in [0.1, 0.15) is 17.6 Å². The second kappa shape index (κ2) is 7.76. The second-order valence-corrected chi connectivity index (χ2v) is 7.35. The van der Waals surface area contributed by atoms with E-state index in [2.05, 4.69) is 22.1 Å². The minimum Gasteiger partial charge on any atom is -0.508 e. The number of aromatic hydroxyl groups is 1. The maximum Gasteiger partial charge on any atom is 0.249 e. The van der Waals surface area contributed by atoms with Crippen molar-refractivity contribution in [1.29, 1.82) is 0 Å². The van der Waals surface area contributed by atoms with Crippen LogP contribution in [0.15, 0.2) is 59.6 Å². The van der Waals surface area contributed by atoms with E-state index in [-0.39, 0.29) is 17.2 Å². The van der Waals surface area contributed by atoms with E-state index in [9.17, 15) is 9.90 Å². The number of hydrogen-bond donors (Lipinski definition) is 2. The van der Waals surface area contributed by atoms with Gasteiger partial charge >= 0.3 is 0 Å². The Labute approximate surface area is 178 Å². The number of carbonyl (C=O) groups excluding carboxylic acids is 1. The molecule has 4 rings (SSSR count). The molecule has 0 radical (unpaired) electrons. The normalized spacial score (nSPS) is 14.9. The predicted octanol–water partition coefficient (Wildman–Crippen LogP) is 3.52. The summed E-state index contributed by atoms with van der Waals surface area (Å²) in [5, 5.41) is 22.1. The lowest BCUT2D eigenvalue weighted by Crippen LogP contribution is -2.27. The van der Waals surface area contributed by atoms with Gasteiger partial charge in [-0.1, -0.05) is 30.3 Å². The summed E-state index contributed by atoms with van der Waals surface area (Å²) < 4.78 is 1.84. The number of aromatic nitrogens is 3. The highest BCUT2D eigenvalue weighted by atomic mass is 35.5. The fourth-order valence-electron chi connectivity index (χ4n) is 3.49. The van der Waals surface area contributed by atoms with Crippen LogP contribution in [-0.2, 0) is 4.79 Å². The number of amides is 1. The molecule has 0 saturated carbocycles. The SMILES string of the molecule is C=C(C(=O)NCC)[C@@H]1N=C(c2ccc(Cl)cc2)c2cc(O)ccc2-n2c(C)nnc21. The Balaban J connectivity index is 2.00. The Hall–Kier alpha value is -3.45. The van der Waals surface area contributed by atoms with Crippen LogP contribution in [0.25, 0.3) is 5.69 Å². The molecule has 2 N–H and O–H groups in total. The van der Waals surface area contributed by atoms with Crippen LogP contribution in [0.1, 0.15) is 35.7 Å². The number of likely N-dealkylation sites (N-methyl/N-ethyl adjacent to an activating group) is 1. The van der Waals surface area contributed by atoms with Crippen molar-refractivity contribution in [2.24, 2.45) is 4.99 Å². The molecule has 1 atom stereocenters. The van der Waals surface area contributed by atoms with Crippen molar-refractivity contribution < 1.29 is 9.90 Å². The summed E-state index contributed by atoms with van der Waals surface area (Å²) in [4.78, 5) is 17.5. The summed E-state index contributed by atoms with van der Waals surface area (Å²) in [6.45, 7) is 8.13. The standard InChI is InChI=1S/C22H20ClN5O2/c1-4-24-22(30)12(2)19-21-27-26-13(3)28(21)18-10-9-16(29)11-17(18)20(25-19)14-5-7-15(23)8-6-14/h5-11,19,29H,2,4H2,1,3H3,(H,24,30)/t19-/m0/s1. The number of aryl methyl sites for hydroxylation is 1. The fourth-order valence-corrected chi connectivity index (χ4v) is 3.61. The average molecular weight is 422 g/mol. The number of halogens is 1. The first-order chi connectivity index (χ1) is 14.4. The van der Waals surface area contributed by atoms with Gasteiger partial charge in [0.2, 0.25) is 5.91 Å². The number of rotatable bonds is 4. The zero-order valence-electron chi connectivity index (χ0n) is 16.6. The summed E-state index contributed by atoms with van der Waals surface area (Å²) in [5.74, 6) is 0.921. The smallest absolute Gasteiger partial charge is 0.249 e. The minimum atomic E-state index is -0.752. The minimum absolute atomic E-state index is 0.101. The quantitative estimate of drug-likeness (QED) is 0.630. The van der Waals surface area contributed by atoms with Gasteiger partial charge in [-0.3, -0.25) is 14.4 Å². The number of nitrogens with one attached hydrogen (secondary N) is 1. The number of nitrogens with zero attached hydrogens (tertiary/aromatic N) is 4. The summed E-state index contributed by atoms with van der Waals surface area (Å²) >= 11 is 6.07. The van der Waals surface area contributed by atoms with E-state index >= 15 is 0 Å². The molecule has 152 valence electrons. The Morgan fingerprint density at radius 2 is 1.97 bits per heavy atom. The van der Waals surface area contributed by atoms with Gasteiger partial charge in [0.15, 0.2) is 5.82 Å². The lowest BCUT2D eigenvalue weighted by atomic mass is 9.99. The lowest BCUT2D eigenvalue weighted by Gasteiger charge is -2.14. The number of benzene rings is 2. The summed E-state index contributed by atoms with van der Waals surface area (Å²) in [6, 6.07) is 11.5. The Bertz CT molecular complexity index is 1180. The molecule has 2 heterocycles. The molecule has 0 fully saturated rings. The van der Waals surface area contributed by atoms with E-state index in [0.717, 1.165) is 11.3 Å². The van der Waals surface area contributed by atoms with Crippen molar-refractivity contribution in [3.63, 3.8) is 0 Å². The van der Waals surface area contributed by atoms with E-state index in [1.165, 1.54) is 0 Å². The molecular weight excluding hydrogens is 402 g/mol.